The lowest BCUT2D eigenvalue weighted by atomic mass is 10.1. The first kappa shape index (κ1) is 19.6. The van der Waals surface area contributed by atoms with Gasteiger partial charge in [-0.2, -0.15) is 0 Å². The number of nitrogens with zero attached hydrogens (tertiary/aromatic N) is 2. The first-order valence-electron chi connectivity index (χ1n) is 9.84. The lowest BCUT2D eigenvalue weighted by molar-refractivity contribution is 0.0985. The molecular weight excluding hydrogens is 374 g/mol. The summed E-state index contributed by atoms with van der Waals surface area (Å²) in [6.45, 7) is 6.20. The minimum Gasteiger partial charge on any atom is -0.322 e. The Kier molecular flexibility index (Phi) is 5.19. The molecule has 0 saturated carbocycles. The smallest absolute Gasteiger partial charge is 0.258 e. The molecule has 150 valence electrons. The van der Waals surface area contributed by atoms with Gasteiger partial charge in [0.25, 0.3) is 11.5 Å². The number of rotatable bonds is 4. The summed E-state index contributed by atoms with van der Waals surface area (Å²) in [5, 5.41) is 0.937. The number of hydrogen-bond acceptors (Lipinski definition) is 3. The van der Waals surface area contributed by atoms with E-state index in [-0.39, 0.29) is 18.0 Å². The molecule has 2 aromatic heterocycles. The molecular formula is C25H23N3O2. The largest absolute Gasteiger partial charge is 0.322 e. The molecule has 5 nitrogen and oxygen atoms in total. The molecule has 0 spiro atoms. The van der Waals surface area contributed by atoms with Crippen LogP contribution in [-0.4, -0.2) is 15.9 Å². The van der Waals surface area contributed by atoms with Crippen LogP contribution in [0.15, 0.2) is 71.8 Å². The molecule has 1 N–H and O–H groups in total. The van der Waals surface area contributed by atoms with Crippen molar-refractivity contribution in [2.24, 2.45) is 0 Å². The number of aryl methyl sites for hydroxylation is 3. The summed E-state index contributed by atoms with van der Waals surface area (Å²) in [4.78, 5) is 34.7. The average molecular weight is 397 g/mol. The molecule has 0 radical (unpaired) electrons. The molecule has 0 unspecified atom stereocenters. The fourth-order valence-corrected chi connectivity index (χ4v) is 3.47. The first-order chi connectivity index (χ1) is 14.4. The van der Waals surface area contributed by atoms with Crippen molar-refractivity contribution in [3.05, 3.63) is 105 Å². The maximum atomic E-state index is 13.4. The van der Waals surface area contributed by atoms with Gasteiger partial charge < -0.3 is 9.88 Å². The van der Waals surface area contributed by atoms with E-state index in [4.69, 9.17) is 0 Å². The summed E-state index contributed by atoms with van der Waals surface area (Å²) < 4.78 is 0. The molecule has 0 aliphatic carbocycles. The van der Waals surface area contributed by atoms with E-state index in [0.29, 0.717) is 11.1 Å². The van der Waals surface area contributed by atoms with Crippen molar-refractivity contribution in [2.75, 3.05) is 4.90 Å². The van der Waals surface area contributed by atoms with Crippen molar-refractivity contribution in [2.45, 2.75) is 27.3 Å². The summed E-state index contributed by atoms with van der Waals surface area (Å²) in [7, 11) is 0. The average Bonchev–Trinajstić information content (AvgIpc) is 2.74. The molecule has 4 rings (SSSR count). The highest BCUT2D eigenvalue weighted by atomic mass is 16.2. The Morgan fingerprint density at radius 2 is 1.70 bits per heavy atom. The second-order valence-corrected chi connectivity index (χ2v) is 7.61. The molecule has 0 fully saturated rings. The molecule has 0 aliphatic heterocycles. The minimum absolute atomic E-state index is 0.169. The number of pyridine rings is 2. The van der Waals surface area contributed by atoms with Gasteiger partial charge in [0.05, 0.1) is 6.54 Å². The first-order valence-corrected chi connectivity index (χ1v) is 9.84. The van der Waals surface area contributed by atoms with Gasteiger partial charge in [0, 0.05) is 34.7 Å². The van der Waals surface area contributed by atoms with E-state index in [9.17, 15) is 9.59 Å². The Bertz CT molecular complexity index is 1290. The maximum Gasteiger partial charge on any atom is 0.258 e. The summed E-state index contributed by atoms with van der Waals surface area (Å²) in [5.41, 5.74) is 5.73. The Morgan fingerprint density at radius 3 is 2.43 bits per heavy atom. The number of carbonyl (C=O) groups excluding carboxylic acids is 1. The number of nitrogens with one attached hydrogen (secondary N) is 1. The van der Waals surface area contributed by atoms with Crippen molar-refractivity contribution in [1.29, 1.82) is 0 Å². The SMILES string of the molecule is Cc1ccc2cc(CN(C(=O)c3ccncc3)c3ccc(C)c(C)c3)c(=O)[nH]c2c1. The number of amides is 1. The van der Waals surface area contributed by atoms with E-state index in [0.717, 1.165) is 33.3 Å². The van der Waals surface area contributed by atoms with E-state index in [1.54, 1.807) is 29.4 Å². The van der Waals surface area contributed by atoms with Crippen LogP contribution in [0.5, 0.6) is 0 Å². The van der Waals surface area contributed by atoms with Crippen molar-refractivity contribution in [1.82, 2.24) is 9.97 Å². The van der Waals surface area contributed by atoms with Gasteiger partial charge in [-0.1, -0.05) is 18.2 Å². The zero-order chi connectivity index (χ0) is 21.3. The second-order valence-electron chi connectivity index (χ2n) is 7.61. The fourth-order valence-electron chi connectivity index (χ4n) is 3.47. The molecule has 1 amide bonds. The predicted octanol–water partition coefficient (Wildman–Crippen LogP) is 4.70. The molecule has 4 aromatic rings. The Balaban J connectivity index is 1.80. The van der Waals surface area contributed by atoms with E-state index in [1.807, 2.05) is 63.2 Å². The van der Waals surface area contributed by atoms with Gasteiger partial charge in [0.2, 0.25) is 0 Å². The summed E-state index contributed by atoms with van der Waals surface area (Å²) in [6, 6.07) is 17.1. The number of hydrogen-bond donors (Lipinski definition) is 1. The third kappa shape index (κ3) is 3.87. The van der Waals surface area contributed by atoms with Crippen LogP contribution < -0.4 is 10.5 Å². The number of H-pyrrole nitrogens is 1. The quantitative estimate of drug-likeness (QED) is 0.543. The van der Waals surface area contributed by atoms with Crippen LogP contribution in [0.25, 0.3) is 10.9 Å². The molecule has 0 saturated heterocycles. The standard InChI is InChI=1S/C25H23N3O2/c1-16-4-6-20-14-21(24(29)27-23(20)12-16)15-28(22-7-5-17(2)18(3)13-22)25(30)19-8-10-26-11-9-19/h4-14H,15H2,1-3H3,(H,27,29). The van der Waals surface area contributed by atoms with Gasteiger partial charge in [-0.15, -0.1) is 0 Å². The molecule has 0 bridgehead atoms. The Labute approximate surface area is 175 Å². The number of benzene rings is 2. The molecule has 5 heteroatoms. The number of aromatic amines is 1. The Hall–Kier alpha value is -3.73. The monoisotopic (exact) mass is 397 g/mol. The number of carbonyl (C=O) groups is 1. The van der Waals surface area contributed by atoms with Crippen LogP contribution in [0.2, 0.25) is 0 Å². The van der Waals surface area contributed by atoms with Crippen LogP contribution in [0.4, 0.5) is 5.69 Å². The lowest BCUT2D eigenvalue weighted by Gasteiger charge is -2.24. The van der Waals surface area contributed by atoms with Crippen molar-refractivity contribution >= 4 is 22.5 Å². The van der Waals surface area contributed by atoms with Gasteiger partial charge >= 0.3 is 0 Å². The van der Waals surface area contributed by atoms with E-state index >= 15 is 0 Å². The van der Waals surface area contributed by atoms with Crippen LogP contribution >= 0.6 is 0 Å². The molecule has 0 atom stereocenters. The molecule has 0 aliphatic rings. The van der Waals surface area contributed by atoms with Gasteiger partial charge in [-0.25, -0.2) is 0 Å². The van der Waals surface area contributed by atoms with Crippen molar-refractivity contribution < 1.29 is 4.79 Å². The normalized spacial score (nSPS) is 10.9. The van der Waals surface area contributed by atoms with Gasteiger partial charge in [-0.05, 0) is 79.2 Å². The zero-order valence-corrected chi connectivity index (χ0v) is 17.3. The van der Waals surface area contributed by atoms with Crippen molar-refractivity contribution in [3.8, 4) is 0 Å². The molecule has 30 heavy (non-hydrogen) atoms. The highest BCUT2D eigenvalue weighted by molar-refractivity contribution is 6.06. The van der Waals surface area contributed by atoms with Gasteiger partial charge in [0.1, 0.15) is 0 Å². The number of aromatic nitrogens is 2. The molecule has 2 aromatic carbocycles. The van der Waals surface area contributed by atoms with Crippen LogP contribution in [0.1, 0.15) is 32.6 Å². The molecule has 2 heterocycles. The number of fused-ring (bicyclic) bond motifs is 1. The third-order valence-corrected chi connectivity index (χ3v) is 5.38. The predicted molar refractivity (Wildman–Crippen MR) is 120 cm³/mol. The van der Waals surface area contributed by atoms with Gasteiger partial charge in [-0.3, -0.25) is 14.6 Å². The zero-order valence-electron chi connectivity index (χ0n) is 17.3. The maximum absolute atomic E-state index is 13.4. The van der Waals surface area contributed by atoms with Crippen molar-refractivity contribution in [3.63, 3.8) is 0 Å². The lowest BCUT2D eigenvalue weighted by Crippen LogP contribution is -2.33. The minimum atomic E-state index is -0.190. The highest BCUT2D eigenvalue weighted by Crippen LogP contribution is 2.23. The second kappa shape index (κ2) is 7.95. The third-order valence-electron chi connectivity index (χ3n) is 5.38. The summed E-state index contributed by atoms with van der Waals surface area (Å²) in [5.74, 6) is -0.177. The number of anilines is 1. The topological polar surface area (TPSA) is 66.1 Å². The van der Waals surface area contributed by atoms with Crippen LogP contribution in [0, 0.1) is 20.8 Å². The van der Waals surface area contributed by atoms with Crippen LogP contribution in [-0.2, 0) is 6.54 Å². The van der Waals surface area contributed by atoms with Gasteiger partial charge in [0.15, 0.2) is 0 Å². The van der Waals surface area contributed by atoms with Crippen LogP contribution in [0.3, 0.4) is 0 Å². The van der Waals surface area contributed by atoms with E-state index < -0.39 is 0 Å². The van der Waals surface area contributed by atoms with E-state index in [2.05, 4.69) is 9.97 Å². The fraction of sp³-hybridized carbons (Fsp3) is 0.160. The summed E-state index contributed by atoms with van der Waals surface area (Å²) >= 11 is 0. The summed E-state index contributed by atoms with van der Waals surface area (Å²) in [6.07, 6.45) is 3.19. The van der Waals surface area contributed by atoms with E-state index in [1.165, 1.54) is 0 Å². The highest BCUT2D eigenvalue weighted by Gasteiger charge is 2.20. The Morgan fingerprint density at radius 1 is 0.933 bits per heavy atom.